The number of carbonyl (C=O) groups excluding carboxylic acids is 1. The van der Waals surface area contributed by atoms with E-state index in [0.717, 1.165) is 31.5 Å². The molecule has 22 heavy (non-hydrogen) atoms. The third-order valence-electron chi connectivity index (χ3n) is 3.95. The highest BCUT2D eigenvalue weighted by atomic mass is 32.1. The fraction of sp³-hybridized carbons (Fsp3) is 0.529. The van der Waals surface area contributed by atoms with Crippen molar-refractivity contribution in [1.29, 1.82) is 0 Å². The van der Waals surface area contributed by atoms with Gasteiger partial charge < -0.3 is 16.0 Å². The number of hydrogen-bond acceptors (Lipinski definition) is 3. The molecular weight excluding hydrogens is 294 g/mol. The standard InChI is InChI=1S/C17H25N3OS/c18-16(22)13-14-6-5-7-15(12-14)17(21)19-8-1-2-9-20-10-3-4-11-20/h5-7,12H,1-4,8-11,13H2,(H2,18,22)(H,19,21). The van der Waals surface area contributed by atoms with Crippen molar-refractivity contribution >= 4 is 23.1 Å². The first-order valence-corrected chi connectivity index (χ1v) is 8.44. The molecule has 1 aromatic carbocycles. The van der Waals surface area contributed by atoms with Gasteiger partial charge in [0.15, 0.2) is 0 Å². The largest absolute Gasteiger partial charge is 0.393 e. The molecule has 1 saturated heterocycles. The molecule has 0 spiro atoms. The maximum absolute atomic E-state index is 12.1. The Hall–Kier alpha value is -1.46. The lowest BCUT2D eigenvalue weighted by Gasteiger charge is -2.14. The molecule has 2 rings (SSSR count). The van der Waals surface area contributed by atoms with E-state index in [9.17, 15) is 4.79 Å². The van der Waals surface area contributed by atoms with Crippen LogP contribution in [-0.4, -0.2) is 42.0 Å². The van der Waals surface area contributed by atoms with Crippen LogP contribution in [-0.2, 0) is 6.42 Å². The lowest BCUT2D eigenvalue weighted by molar-refractivity contribution is 0.0952. The van der Waals surface area contributed by atoms with Crippen LogP contribution < -0.4 is 11.1 Å². The summed E-state index contributed by atoms with van der Waals surface area (Å²) in [6.07, 6.45) is 5.36. The Bertz CT molecular complexity index is 512. The van der Waals surface area contributed by atoms with E-state index >= 15 is 0 Å². The summed E-state index contributed by atoms with van der Waals surface area (Å²) in [6.45, 7) is 4.36. The van der Waals surface area contributed by atoms with Crippen LogP contribution in [0.3, 0.4) is 0 Å². The summed E-state index contributed by atoms with van der Waals surface area (Å²) in [5, 5.41) is 2.98. The summed E-state index contributed by atoms with van der Waals surface area (Å²) in [7, 11) is 0. The molecule has 0 atom stereocenters. The van der Waals surface area contributed by atoms with Gasteiger partial charge in [0.1, 0.15) is 0 Å². The van der Waals surface area contributed by atoms with Crippen LogP contribution in [0.25, 0.3) is 0 Å². The van der Waals surface area contributed by atoms with Crippen molar-refractivity contribution in [2.45, 2.75) is 32.1 Å². The van der Waals surface area contributed by atoms with Gasteiger partial charge in [0.2, 0.25) is 0 Å². The molecule has 1 aromatic rings. The Morgan fingerprint density at radius 1 is 1.27 bits per heavy atom. The normalized spacial score (nSPS) is 14.9. The summed E-state index contributed by atoms with van der Waals surface area (Å²) >= 11 is 4.90. The number of nitrogens with two attached hydrogens (primary N) is 1. The predicted molar refractivity (Wildman–Crippen MR) is 94.2 cm³/mol. The van der Waals surface area contributed by atoms with Crippen LogP contribution in [0.15, 0.2) is 24.3 Å². The fourth-order valence-corrected chi connectivity index (χ4v) is 2.96. The molecule has 0 bridgehead atoms. The third-order valence-corrected chi connectivity index (χ3v) is 4.10. The van der Waals surface area contributed by atoms with Crippen molar-refractivity contribution in [2.75, 3.05) is 26.2 Å². The summed E-state index contributed by atoms with van der Waals surface area (Å²) in [6, 6.07) is 7.49. The molecular formula is C17H25N3OS. The number of unbranched alkanes of at least 4 members (excludes halogenated alkanes) is 1. The molecule has 5 heteroatoms. The molecule has 0 aromatic heterocycles. The van der Waals surface area contributed by atoms with Crippen molar-refractivity contribution in [1.82, 2.24) is 10.2 Å². The number of carbonyl (C=O) groups is 1. The lowest BCUT2D eigenvalue weighted by atomic mass is 10.1. The lowest BCUT2D eigenvalue weighted by Crippen LogP contribution is -2.26. The predicted octanol–water partition coefficient (Wildman–Crippen LogP) is 2.12. The van der Waals surface area contributed by atoms with Crippen LogP contribution in [0.1, 0.15) is 41.6 Å². The van der Waals surface area contributed by atoms with E-state index in [1.807, 2.05) is 24.3 Å². The van der Waals surface area contributed by atoms with E-state index in [4.69, 9.17) is 18.0 Å². The maximum Gasteiger partial charge on any atom is 0.251 e. The molecule has 1 aliphatic rings. The van der Waals surface area contributed by atoms with Gasteiger partial charge >= 0.3 is 0 Å². The van der Waals surface area contributed by atoms with Gasteiger partial charge in [-0.2, -0.15) is 0 Å². The Kier molecular flexibility index (Phi) is 6.80. The van der Waals surface area contributed by atoms with Crippen LogP contribution in [0, 0.1) is 0 Å². The Morgan fingerprint density at radius 2 is 2.05 bits per heavy atom. The average Bonchev–Trinajstić information content (AvgIpc) is 2.99. The first kappa shape index (κ1) is 16.9. The van der Waals surface area contributed by atoms with E-state index in [-0.39, 0.29) is 5.91 Å². The molecule has 0 radical (unpaired) electrons. The van der Waals surface area contributed by atoms with Crippen LogP contribution in [0.2, 0.25) is 0 Å². The maximum atomic E-state index is 12.1. The Labute approximate surface area is 138 Å². The quantitative estimate of drug-likeness (QED) is 0.569. The number of hydrogen-bond donors (Lipinski definition) is 2. The van der Waals surface area contributed by atoms with Gasteiger partial charge in [-0.15, -0.1) is 0 Å². The zero-order valence-corrected chi connectivity index (χ0v) is 13.8. The zero-order valence-electron chi connectivity index (χ0n) is 13.0. The van der Waals surface area contributed by atoms with Crippen molar-refractivity contribution < 1.29 is 4.79 Å². The Morgan fingerprint density at radius 3 is 2.77 bits per heavy atom. The summed E-state index contributed by atoms with van der Waals surface area (Å²) in [4.78, 5) is 15.1. The molecule has 1 fully saturated rings. The summed E-state index contributed by atoms with van der Waals surface area (Å²) in [5.74, 6) is -0.0223. The van der Waals surface area contributed by atoms with Crippen molar-refractivity contribution in [3.63, 3.8) is 0 Å². The topological polar surface area (TPSA) is 58.4 Å². The minimum absolute atomic E-state index is 0.0223. The van der Waals surface area contributed by atoms with Gasteiger partial charge in [0, 0.05) is 18.5 Å². The fourth-order valence-electron chi connectivity index (χ4n) is 2.79. The average molecular weight is 319 g/mol. The third kappa shape index (κ3) is 5.73. The highest BCUT2D eigenvalue weighted by molar-refractivity contribution is 7.80. The van der Waals surface area contributed by atoms with E-state index < -0.39 is 0 Å². The number of amides is 1. The van der Waals surface area contributed by atoms with Crippen molar-refractivity contribution in [3.8, 4) is 0 Å². The molecule has 120 valence electrons. The van der Waals surface area contributed by atoms with Gasteiger partial charge in [-0.1, -0.05) is 24.4 Å². The number of nitrogens with one attached hydrogen (secondary N) is 1. The number of rotatable bonds is 8. The van der Waals surface area contributed by atoms with Crippen LogP contribution in [0.5, 0.6) is 0 Å². The van der Waals surface area contributed by atoms with E-state index in [1.165, 1.54) is 25.9 Å². The van der Waals surface area contributed by atoms with Crippen molar-refractivity contribution in [3.05, 3.63) is 35.4 Å². The first-order chi connectivity index (χ1) is 10.6. The molecule has 0 aliphatic carbocycles. The van der Waals surface area contributed by atoms with Gasteiger partial charge in [-0.05, 0) is 63.0 Å². The highest BCUT2D eigenvalue weighted by Gasteiger charge is 2.10. The SMILES string of the molecule is NC(=S)Cc1cccc(C(=O)NCCCCN2CCCC2)c1. The Balaban J connectivity index is 1.69. The number of nitrogens with zero attached hydrogens (tertiary/aromatic N) is 1. The van der Waals surface area contributed by atoms with Gasteiger partial charge in [0.25, 0.3) is 5.91 Å². The zero-order chi connectivity index (χ0) is 15.8. The second-order valence-corrected chi connectivity index (χ2v) is 6.38. The number of benzene rings is 1. The van der Waals surface area contributed by atoms with Crippen LogP contribution >= 0.6 is 12.2 Å². The second-order valence-electron chi connectivity index (χ2n) is 5.86. The van der Waals surface area contributed by atoms with Gasteiger partial charge in [-0.25, -0.2) is 0 Å². The molecule has 1 heterocycles. The minimum atomic E-state index is -0.0223. The van der Waals surface area contributed by atoms with E-state index in [1.54, 1.807) is 0 Å². The molecule has 4 nitrogen and oxygen atoms in total. The minimum Gasteiger partial charge on any atom is -0.393 e. The molecule has 1 amide bonds. The van der Waals surface area contributed by atoms with Crippen LogP contribution in [0.4, 0.5) is 0 Å². The number of likely N-dealkylation sites (tertiary alicyclic amines) is 1. The smallest absolute Gasteiger partial charge is 0.251 e. The van der Waals surface area contributed by atoms with E-state index in [2.05, 4.69) is 10.2 Å². The molecule has 3 N–H and O–H groups in total. The summed E-state index contributed by atoms with van der Waals surface area (Å²) in [5.41, 5.74) is 7.20. The van der Waals surface area contributed by atoms with Gasteiger partial charge in [0.05, 0.1) is 4.99 Å². The monoisotopic (exact) mass is 319 g/mol. The second kappa shape index (κ2) is 8.86. The van der Waals surface area contributed by atoms with Gasteiger partial charge in [-0.3, -0.25) is 4.79 Å². The van der Waals surface area contributed by atoms with Crippen molar-refractivity contribution in [2.24, 2.45) is 5.73 Å². The summed E-state index contributed by atoms with van der Waals surface area (Å²) < 4.78 is 0. The molecule has 0 unspecified atom stereocenters. The molecule has 0 saturated carbocycles. The number of thiocarbonyl (C=S) groups is 1. The van der Waals surface area contributed by atoms with E-state index in [0.29, 0.717) is 17.0 Å². The molecule has 1 aliphatic heterocycles. The highest BCUT2D eigenvalue weighted by Crippen LogP contribution is 2.08. The first-order valence-electron chi connectivity index (χ1n) is 8.03.